The minimum absolute atomic E-state index is 0.251. The number of hydrogen-bond donors (Lipinski definition) is 0. The van der Waals surface area contributed by atoms with E-state index < -0.39 is 0 Å². The van der Waals surface area contributed by atoms with Crippen molar-refractivity contribution in [2.45, 2.75) is 197 Å². The molecule has 0 spiro atoms. The van der Waals surface area contributed by atoms with E-state index >= 15 is 0 Å². The normalized spacial score (nSPS) is 10.5. The van der Waals surface area contributed by atoms with E-state index in [-0.39, 0.29) is 10.8 Å². The first-order valence-corrected chi connectivity index (χ1v) is 39.8. The molecule has 0 saturated carbocycles. The maximum absolute atomic E-state index is 2.33. The van der Waals surface area contributed by atoms with E-state index in [9.17, 15) is 0 Å². The lowest BCUT2D eigenvalue weighted by atomic mass is 9.81. The first-order valence-electron chi connectivity index (χ1n) is 39.8. The van der Waals surface area contributed by atoms with Gasteiger partial charge < -0.3 is 0 Å². The Kier molecular flexibility index (Phi) is 35.6. The van der Waals surface area contributed by atoms with E-state index in [4.69, 9.17) is 0 Å². The van der Waals surface area contributed by atoms with Crippen LogP contribution in [0.2, 0.25) is 0 Å². The van der Waals surface area contributed by atoms with E-state index in [0.29, 0.717) is 0 Å². The van der Waals surface area contributed by atoms with Crippen molar-refractivity contribution in [3.05, 3.63) is 448 Å². The zero-order chi connectivity index (χ0) is 81.4. The van der Waals surface area contributed by atoms with Gasteiger partial charge in [0.25, 0.3) is 0 Å². The molecule has 0 saturated heterocycles. The van der Waals surface area contributed by atoms with Crippen molar-refractivity contribution in [2.75, 3.05) is 0 Å². The standard InChI is InChI=1S/C16H18.2C15H16.C14H14.C14H22.C12H12.C9H12.2C8H10/c1-11-5-7-15(9-13(11)3)16-8-6-12(2)14(4)10-16;1-12-3-7-14(8-4-12)11-15-9-5-13(2)6-10-15;1-12-7-9-14(10-8-12)11-15-6-4-3-5-13(15)2;1-11-3-7-13(8-4-11)14-9-5-12(2)6-10-14;1-13(2,3)11-8-7-9-12(10-11)14(4,5)6;1-9-5-3-8-12-10(2)6-4-7-11(9)12;1-7-4-5-8(2)9(3)6-7;1-7-3-5-8(2)6-4-7;1-7-4-3-5-8(2)6-7/h5-10H,1-4H3;2*3-10H,11H2,1-2H3;3-10H,1-2H3;7-10H,1-6H3;3-8H,1-2H3;4-6H,1-3H3;2*3-6H,1-2H3. The number of aryl methyl sites for hydroxylation is 19. The summed E-state index contributed by atoms with van der Waals surface area (Å²) in [4.78, 5) is 0. The first-order chi connectivity index (χ1) is 52.6. The molecule has 14 rings (SSSR count). The van der Waals surface area contributed by atoms with Crippen molar-refractivity contribution in [1.29, 1.82) is 0 Å². The molecule has 14 aromatic rings. The highest BCUT2D eigenvalue weighted by Crippen LogP contribution is 2.30. The predicted molar refractivity (Wildman–Crippen MR) is 492 cm³/mol. The van der Waals surface area contributed by atoms with Gasteiger partial charge in [-0.05, 0) is 272 Å². The van der Waals surface area contributed by atoms with Gasteiger partial charge in [0, 0.05) is 0 Å². The smallest absolute Gasteiger partial charge is 0.00231 e. The second-order valence-corrected chi connectivity index (χ2v) is 32.8. The number of hydrogen-bond acceptors (Lipinski definition) is 0. The van der Waals surface area contributed by atoms with Crippen molar-refractivity contribution in [3.8, 4) is 22.3 Å². The second kappa shape index (κ2) is 44.3. The molecule has 0 aliphatic carbocycles. The largest absolute Gasteiger partial charge is 0.0620 e. The van der Waals surface area contributed by atoms with Gasteiger partial charge in [0.1, 0.15) is 0 Å². The van der Waals surface area contributed by atoms with Gasteiger partial charge in [-0.25, -0.2) is 0 Å². The third-order valence-electron chi connectivity index (χ3n) is 20.2. The maximum Gasteiger partial charge on any atom is -0.00231 e. The van der Waals surface area contributed by atoms with Gasteiger partial charge in [-0.2, -0.15) is 0 Å². The van der Waals surface area contributed by atoms with E-state index in [1.165, 1.54) is 172 Å². The van der Waals surface area contributed by atoms with Gasteiger partial charge in [-0.3, -0.25) is 0 Å². The van der Waals surface area contributed by atoms with E-state index in [0.717, 1.165) is 12.8 Å². The average molecular weight is 1460 g/mol. The van der Waals surface area contributed by atoms with Gasteiger partial charge in [0.15, 0.2) is 0 Å². The van der Waals surface area contributed by atoms with Crippen LogP contribution in [0.3, 0.4) is 0 Å². The van der Waals surface area contributed by atoms with Crippen molar-refractivity contribution in [2.24, 2.45) is 0 Å². The SMILES string of the molecule is CC(C)(C)c1cccc(C(C)(C)C)c1.Cc1ccc(-c2ccc(C)c(C)c2)cc1C.Cc1ccc(-c2ccc(C)cc2)cc1.Cc1ccc(C)c(C)c1.Cc1ccc(C)cc1.Cc1ccc(Cc2ccc(C)cc2)cc1.Cc1ccc(Cc2ccccc2C)cc1.Cc1cccc(C)c1.Cc1cccc2c(C)cccc12. The molecule has 0 amide bonds. The highest BCUT2D eigenvalue weighted by atomic mass is 14.2. The predicted octanol–water partition coefficient (Wildman–Crippen LogP) is 31.3. The number of fused-ring (bicyclic) bond motifs is 1. The quantitative estimate of drug-likeness (QED) is 0.156. The monoisotopic (exact) mass is 1460 g/mol. The van der Waals surface area contributed by atoms with E-state index in [1.807, 2.05) is 0 Å². The maximum atomic E-state index is 2.33. The Hall–Kier alpha value is -10.7. The highest BCUT2D eigenvalue weighted by Gasteiger charge is 2.18. The Morgan fingerprint density at radius 2 is 0.441 bits per heavy atom. The second-order valence-electron chi connectivity index (χ2n) is 32.8. The summed E-state index contributed by atoms with van der Waals surface area (Å²) in [5, 5.41) is 2.75. The summed E-state index contributed by atoms with van der Waals surface area (Å²) in [7, 11) is 0. The van der Waals surface area contributed by atoms with Crippen LogP contribution in [-0.2, 0) is 23.7 Å². The van der Waals surface area contributed by atoms with Gasteiger partial charge >= 0.3 is 0 Å². The van der Waals surface area contributed by atoms with Crippen LogP contribution in [0.4, 0.5) is 0 Å². The summed E-state index contributed by atoms with van der Waals surface area (Å²) >= 11 is 0. The van der Waals surface area contributed by atoms with Crippen LogP contribution >= 0.6 is 0 Å². The Morgan fingerprint density at radius 3 is 0.757 bits per heavy atom. The summed E-state index contributed by atoms with van der Waals surface area (Å²) in [6, 6.07) is 111. The topological polar surface area (TPSA) is 0 Å². The summed E-state index contributed by atoms with van der Waals surface area (Å²) in [6.45, 7) is 54.0. The molecule has 0 radical (unpaired) electrons. The van der Waals surface area contributed by atoms with Crippen LogP contribution in [0.25, 0.3) is 33.0 Å². The molecule has 0 fully saturated rings. The molecule has 14 aromatic carbocycles. The molecule has 574 valence electrons. The molecule has 0 aromatic heterocycles. The fourth-order valence-corrected chi connectivity index (χ4v) is 12.1. The minimum atomic E-state index is 0.251. The molecule has 0 N–H and O–H groups in total. The Morgan fingerprint density at radius 1 is 0.171 bits per heavy atom. The fraction of sp³-hybridized carbons (Fsp3) is 0.261. The molecular formula is C111H130. The van der Waals surface area contributed by atoms with Gasteiger partial charge in [0.05, 0.1) is 0 Å². The Bertz CT molecular complexity index is 4840. The van der Waals surface area contributed by atoms with Crippen molar-refractivity contribution >= 4 is 10.8 Å². The van der Waals surface area contributed by atoms with Gasteiger partial charge in [0.2, 0.25) is 0 Å². The molecule has 0 aliphatic heterocycles. The van der Waals surface area contributed by atoms with Crippen LogP contribution < -0.4 is 0 Å². The Balaban J connectivity index is 0.000000197. The molecule has 0 atom stereocenters. The molecule has 0 unspecified atom stereocenters. The van der Waals surface area contributed by atoms with Crippen molar-refractivity contribution < 1.29 is 0 Å². The van der Waals surface area contributed by atoms with E-state index in [2.05, 4.69) is 482 Å². The summed E-state index contributed by atoms with van der Waals surface area (Å²) in [6.07, 6.45) is 2.06. The van der Waals surface area contributed by atoms with Gasteiger partial charge in [-0.1, -0.05) is 407 Å². The first kappa shape index (κ1) is 89.2. The zero-order valence-corrected chi connectivity index (χ0v) is 72.4. The van der Waals surface area contributed by atoms with Crippen LogP contribution in [0.1, 0.15) is 181 Å². The molecule has 111 heavy (non-hydrogen) atoms. The zero-order valence-electron chi connectivity index (χ0n) is 72.4. The van der Waals surface area contributed by atoms with Crippen LogP contribution in [0.15, 0.2) is 309 Å². The molecule has 0 heterocycles. The molecule has 0 nitrogen and oxygen atoms in total. The third kappa shape index (κ3) is 32.1. The van der Waals surface area contributed by atoms with Crippen LogP contribution in [0.5, 0.6) is 0 Å². The van der Waals surface area contributed by atoms with Gasteiger partial charge in [-0.15, -0.1) is 0 Å². The minimum Gasteiger partial charge on any atom is -0.0620 e. The summed E-state index contributed by atoms with van der Waals surface area (Å²) in [5.74, 6) is 0. The third-order valence-corrected chi connectivity index (χ3v) is 20.2. The molecule has 0 aliphatic rings. The van der Waals surface area contributed by atoms with Crippen molar-refractivity contribution in [3.63, 3.8) is 0 Å². The highest BCUT2D eigenvalue weighted by molar-refractivity contribution is 5.88. The van der Waals surface area contributed by atoms with Crippen molar-refractivity contribution in [1.82, 2.24) is 0 Å². The Labute approximate surface area is 673 Å². The molecule has 0 bridgehead atoms. The lowest BCUT2D eigenvalue weighted by Crippen LogP contribution is -2.15. The van der Waals surface area contributed by atoms with Crippen LogP contribution in [-0.4, -0.2) is 0 Å². The number of rotatable bonds is 6. The molecular weight excluding hydrogens is 1330 g/mol. The lowest BCUT2D eigenvalue weighted by Gasteiger charge is -2.24. The molecule has 0 heteroatoms. The van der Waals surface area contributed by atoms with Crippen LogP contribution in [0, 0.1) is 132 Å². The average Bonchev–Trinajstić information content (AvgIpc) is 0.841. The fourth-order valence-electron chi connectivity index (χ4n) is 12.1. The lowest BCUT2D eigenvalue weighted by molar-refractivity contribution is 0.568. The number of benzene rings is 14. The van der Waals surface area contributed by atoms with E-state index in [1.54, 1.807) is 0 Å². The summed E-state index contributed by atoms with van der Waals surface area (Å²) < 4.78 is 0. The summed E-state index contributed by atoms with van der Waals surface area (Å²) in [5.41, 5.74) is 39.6.